The second-order valence-electron chi connectivity index (χ2n) is 3.40. The Kier molecular flexibility index (Phi) is 1.72. The van der Waals surface area contributed by atoms with Crippen LogP contribution in [0, 0.1) is 13.8 Å². The van der Waals surface area contributed by atoms with Crippen LogP contribution in [0.2, 0.25) is 0 Å². The van der Waals surface area contributed by atoms with Crippen LogP contribution in [-0.2, 0) is 6.54 Å². The first-order valence-corrected chi connectivity index (χ1v) is 4.32. The lowest BCUT2D eigenvalue weighted by molar-refractivity contribution is 0.251. The average Bonchev–Trinajstić information content (AvgIpc) is 2.08. The van der Waals surface area contributed by atoms with E-state index in [0.717, 1.165) is 11.3 Å². The van der Waals surface area contributed by atoms with Gasteiger partial charge in [-0.2, -0.15) is 0 Å². The predicted molar refractivity (Wildman–Crippen MR) is 51.8 cm³/mol. The van der Waals surface area contributed by atoms with Gasteiger partial charge in [-0.1, -0.05) is 6.07 Å². The molecular formula is C10H12N2O. The number of amides is 2. The molecule has 1 aromatic carbocycles. The first kappa shape index (κ1) is 8.10. The second kappa shape index (κ2) is 2.76. The minimum atomic E-state index is -0.115. The Balaban J connectivity index is 2.49. The molecule has 0 radical (unpaired) electrons. The van der Waals surface area contributed by atoms with E-state index < -0.39 is 0 Å². The zero-order valence-corrected chi connectivity index (χ0v) is 7.77. The molecule has 2 rings (SSSR count). The van der Waals surface area contributed by atoms with E-state index in [4.69, 9.17) is 0 Å². The summed E-state index contributed by atoms with van der Waals surface area (Å²) in [5.41, 5.74) is 4.56. The van der Waals surface area contributed by atoms with Gasteiger partial charge >= 0.3 is 6.03 Å². The van der Waals surface area contributed by atoms with Crippen molar-refractivity contribution in [1.82, 2.24) is 5.32 Å². The summed E-state index contributed by atoms with van der Waals surface area (Å²) in [5.74, 6) is 0. The van der Waals surface area contributed by atoms with Crippen LogP contribution in [0.4, 0.5) is 10.5 Å². The third kappa shape index (κ3) is 1.37. The summed E-state index contributed by atoms with van der Waals surface area (Å²) in [5, 5.41) is 5.51. The first-order valence-electron chi connectivity index (χ1n) is 4.32. The van der Waals surface area contributed by atoms with Crippen LogP contribution in [-0.4, -0.2) is 6.03 Å². The minimum absolute atomic E-state index is 0.115. The van der Waals surface area contributed by atoms with Gasteiger partial charge < -0.3 is 10.6 Å². The largest absolute Gasteiger partial charge is 0.334 e. The van der Waals surface area contributed by atoms with Crippen LogP contribution in [0.25, 0.3) is 0 Å². The van der Waals surface area contributed by atoms with Crippen molar-refractivity contribution < 1.29 is 4.79 Å². The molecule has 0 aliphatic carbocycles. The molecule has 0 saturated heterocycles. The summed E-state index contributed by atoms with van der Waals surface area (Å²) in [6, 6.07) is 4.01. The van der Waals surface area contributed by atoms with E-state index in [1.165, 1.54) is 11.1 Å². The number of nitrogens with one attached hydrogen (secondary N) is 2. The molecule has 13 heavy (non-hydrogen) atoms. The predicted octanol–water partition coefficient (Wildman–Crippen LogP) is 1.94. The Morgan fingerprint density at radius 2 is 1.92 bits per heavy atom. The quantitative estimate of drug-likeness (QED) is 0.623. The van der Waals surface area contributed by atoms with Crippen LogP contribution in [0.3, 0.4) is 0 Å². The Morgan fingerprint density at radius 3 is 2.69 bits per heavy atom. The number of carbonyl (C=O) groups is 1. The highest BCUT2D eigenvalue weighted by molar-refractivity contribution is 5.92. The second-order valence-corrected chi connectivity index (χ2v) is 3.40. The number of hydrogen-bond donors (Lipinski definition) is 2. The van der Waals surface area contributed by atoms with Gasteiger partial charge in [-0.05, 0) is 36.6 Å². The topological polar surface area (TPSA) is 41.1 Å². The molecule has 0 unspecified atom stereocenters. The highest BCUT2D eigenvalue weighted by Crippen LogP contribution is 2.22. The van der Waals surface area contributed by atoms with Crippen LogP contribution < -0.4 is 10.6 Å². The molecule has 68 valence electrons. The number of urea groups is 1. The highest BCUT2D eigenvalue weighted by Gasteiger charge is 2.13. The van der Waals surface area contributed by atoms with Gasteiger partial charge in [0.1, 0.15) is 0 Å². The number of rotatable bonds is 0. The number of benzene rings is 1. The minimum Gasteiger partial charge on any atom is -0.334 e. The van der Waals surface area contributed by atoms with Crippen molar-refractivity contribution in [2.45, 2.75) is 20.4 Å². The van der Waals surface area contributed by atoms with Gasteiger partial charge in [0.05, 0.1) is 0 Å². The fraction of sp³-hybridized carbons (Fsp3) is 0.300. The lowest BCUT2D eigenvalue weighted by atomic mass is 10.0. The van der Waals surface area contributed by atoms with Gasteiger partial charge in [-0.25, -0.2) is 4.79 Å². The molecule has 1 heterocycles. The Labute approximate surface area is 77.1 Å². The summed E-state index contributed by atoms with van der Waals surface area (Å²) in [4.78, 5) is 11.0. The fourth-order valence-electron chi connectivity index (χ4n) is 1.48. The molecule has 0 atom stereocenters. The molecule has 2 N–H and O–H groups in total. The van der Waals surface area contributed by atoms with Crippen molar-refractivity contribution in [3.05, 3.63) is 28.8 Å². The zero-order chi connectivity index (χ0) is 9.42. The fourth-order valence-corrected chi connectivity index (χ4v) is 1.48. The maximum Gasteiger partial charge on any atom is 0.319 e. The number of hydrogen-bond acceptors (Lipinski definition) is 1. The van der Waals surface area contributed by atoms with Crippen LogP contribution >= 0.6 is 0 Å². The Bertz CT molecular complexity index is 371. The van der Waals surface area contributed by atoms with Crippen molar-refractivity contribution >= 4 is 11.7 Å². The monoisotopic (exact) mass is 176 g/mol. The van der Waals surface area contributed by atoms with Crippen LogP contribution in [0.1, 0.15) is 16.7 Å². The van der Waals surface area contributed by atoms with Gasteiger partial charge in [0.15, 0.2) is 0 Å². The van der Waals surface area contributed by atoms with E-state index >= 15 is 0 Å². The van der Waals surface area contributed by atoms with E-state index in [1.807, 2.05) is 13.0 Å². The van der Waals surface area contributed by atoms with E-state index in [9.17, 15) is 4.79 Å². The maximum absolute atomic E-state index is 11.0. The van der Waals surface area contributed by atoms with Crippen molar-refractivity contribution in [2.75, 3.05) is 5.32 Å². The Morgan fingerprint density at radius 1 is 1.23 bits per heavy atom. The molecule has 1 aromatic rings. The molecule has 3 heteroatoms. The molecule has 0 spiro atoms. The normalized spacial score (nSPS) is 14.5. The molecule has 1 aliphatic heterocycles. The smallest absolute Gasteiger partial charge is 0.319 e. The molecule has 0 saturated carbocycles. The molecule has 2 amide bonds. The van der Waals surface area contributed by atoms with Crippen molar-refractivity contribution in [3.8, 4) is 0 Å². The lowest BCUT2D eigenvalue weighted by Crippen LogP contribution is -2.33. The Hall–Kier alpha value is -1.51. The third-order valence-electron chi connectivity index (χ3n) is 2.41. The van der Waals surface area contributed by atoms with Crippen LogP contribution in [0.15, 0.2) is 12.1 Å². The summed E-state index contributed by atoms with van der Waals surface area (Å²) in [7, 11) is 0. The molecule has 0 bridgehead atoms. The highest BCUT2D eigenvalue weighted by atomic mass is 16.2. The van der Waals surface area contributed by atoms with Gasteiger partial charge in [0, 0.05) is 12.2 Å². The van der Waals surface area contributed by atoms with Gasteiger partial charge in [0.2, 0.25) is 0 Å². The molecular weight excluding hydrogens is 164 g/mol. The summed E-state index contributed by atoms with van der Waals surface area (Å²) >= 11 is 0. The van der Waals surface area contributed by atoms with Crippen molar-refractivity contribution in [3.63, 3.8) is 0 Å². The molecule has 0 fully saturated rings. The van der Waals surface area contributed by atoms with E-state index in [0.29, 0.717) is 6.54 Å². The SMILES string of the molecule is Cc1cc2c(cc1C)NC(=O)NC2. The van der Waals surface area contributed by atoms with Gasteiger partial charge in [-0.15, -0.1) is 0 Å². The molecule has 0 aromatic heterocycles. The van der Waals surface area contributed by atoms with Crippen molar-refractivity contribution in [2.24, 2.45) is 0 Å². The maximum atomic E-state index is 11.0. The van der Waals surface area contributed by atoms with Crippen LogP contribution in [0.5, 0.6) is 0 Å². The summed E-state index contributed by atoms with van der Waals surface area (Å²) in [6.45, 7) is 4.75. The van der Waals surface area contributed by atoms with Crippen molar-refractivity contribution in [1.29, 1.82) is 0 Å². The van der Waals surface area contributed by atoms with Gasteiger partial charge in [0.25, 0.3) is 0 Å². The standard InChI is InChI=1S/C10H12N2O/c1-6-3-8-5-11-10(13)12-9(8)4-7(6)2/h3-4H,5H2,1-2H3,(H2,11,12,13). The summed E-state index contributed by atoms with van der Waals surface area (Å²) < 4.78 is 0. The summed E-state index contributed by atoms with van der Waals surface area (Å²) in [6.07, 6.45) is 0. The zero-order valence-electron chi connectivity index (χ0n) is 7.77. The van der Waals surface area contributed by atoms with E-state index in [1.54, 1.807) is 0 Å². The third-order valence-corrected chi connectivity index (χ3v) is 2.41. The average molecular weight is 176 g/mol. The van der Waals surface area contributed by atoms with E-state index in [2.05, 4.69) is 23.6 Å². The molecule has 1 aliphatic rings. The lowest BCUT2D eigenvalue weighted by Gasteiger charge is -2.19. The number of fused-ring (bicyclic) bond motifs is 1. The first-order chi connectivity index (χ1) is 6.16. The van der Waals surface area contributed by atoms with E-state index in [-0.39, 0.29) is 6.03 Å². The number of carbonyl (C=O) groups excluding carboxylic acids is 1. The van der Waals surface area contributed by atoms with Gasteiger partial charge in [-0.3, -0.25) is 0 Å². The molecule has 3 nitrogen and oxygen atoms in total. The number of aryl methyl sites for hydroxylation is 2. The number of anilines is 1.